The van der Waals surface area contributed by atoms with Crippen LogP contribution in [0.1, 0.15) is 32.8 Å². The highest BCUT2D eigenvalue weighted by atomic mass is 16.3. The van der Waals surface area contributed by atoms with Crippen LogP contribution in [0.4, 0.5) is 5.69 Å². The van der Waals surface area contributed by atoms with E-state index in [1.54, 1.807) is 11.8 Å². The Balaban J connectivity index is 1.96. The highest BCUT2D eigenvalue weighted by Gasteiger charge is 2.36. The number of anilines is 1. The number of benzene rings is 1. The third kappa shape index (κ3) is 4.10. The molecule has 2 unspecified atom stereocenters. The van der Waals surface area contributed by atoms with Gasteiger partial charge in [0.1, 0.15) is 0 Å². The number of aryl methyl sites for hydroxylation is 1. The van der Waals surface area contributed by atoms with E-state index in [9.17, 15) is 14.7 Å². The maximum Gasteiger partial charge on any atom is 0.227 e. The lowest BCUT2D eigenvalue weighted by atomic mass is 9.92. The van der Waals surface area contributed by atoms with Gasteiger partial charge in [-0.15, -0.1) is 0 Å². The summed E-state index contributed by atoms with van der Waals surface area (Å²) in [6, 6.07) is 7.71. The first-order valence-electron chi connectivity index (χ1n) is 8.08. The molecule has 0 aliphatic carbocycles. The van der Waals surface area contributed by atoms with E-state index in [4.69, 9.17) is 0 Å². The maximum absolute atomic E-state index is 12.3. The van der Waals surface area contributed by atoms with E-state index in [1.165, 1.54) is 0 Å². The molecule has 0 bridgehead atoms. The van der Waals surface area contributed by atoms with Gasteiger partial charge in [0, 0.05) is 25.2 Å². The Morgan fingerprint density at radius 1 is 1.39 bits per heavy atom. The van der Waals surface area contributed by atoms with Crippen LogP contribution in [-0.4, -0.2) is 35.6 Å². The van der Waals surface area contributed by atoms with Gasteiger partial charge in [0.05, 0.1) is 11.5 Å². The molecular weight excluding hydrogens is 292 g/mol. The largest absolute Gasteiger partial charge is 0.388 e. The number of amides is 2. The third-order valence-corrected chi connectivity index (χ3v) is 4.71. The van der Waals surface area contributed by atoms with Crippen LogP contribution in [0.15, 0.2) is 24.3 Å². The summed E-state index contributed by atoms with van der Waals surface area (Å²) in [4.78, 5) is 26.1. The van der Waals surface area contributed by atoms with Crippen LogP contribution in [-0.2, 0) is 9.59 Å². The average Bonchev–Trinajstić information content (AvgIpc) is 2.87. The first-order chi connectivity index (χ1) is 10.7. The van der Waals surface area contributed by atoms with E-state index in [0.29, 0.717) is 6.54 Å². The number of hydrogen-bond donors (Lipinski definition) is 2. The lowest BCUT2D eigenvalue weighted by Gasteiger charge is -2.28. The fraction of sp³-hybridized carbons (Fsp3) is 0.556. The number of carbonyl (C=O) groups is 2. The van der Waals surface area contributed by atoms with Gasteiger partial charge in [0.15, 0.2) is 0 Å². The van der Waals surface area contributed by atoms with Gasteiger partial charge < -0.3 is 15.3 Å². The van der Waals surface area contributed by atoms with Gasteiger partial charge in [0.2, 0.25) is 11.8 Å². The van der Waals surface area contributed by atoms with Crippen molar-refractivity contribution in [2.75, 3.05) is 18.0 Å². The summed E-state index contributed by atoms with van der Waals surface area (Å²) in [6.07, 6.45) is 0.212. The van der Waals surface area contributed by atoms with Crippen LogP contribution >= 0.6 is 0 Å². The highest BCUT2D eigenvalue weighted by Crippen LogP contribution is 2.25. The Bertz CT molecular complexity index is 578. The summed E-state index contributed by atoms with van der Waals surface area (Å²) in [5.74, 6) is -0.539. The van der Waals surface area contributed by atoms with E-state index < -0.39 is 5.60 Å². The number of hydrogen-bond acceptors (Lipinski definition) is 3. The van der Waals surface area contributed by atoms with Crippen LogP contribution in [0.3, 0.4) is 0 Å². The Morgan fingerprint density at radius 3 is 2.57 bits per heavy atom. The Labute approximate surface area is 137 Å². The molecular formula is C18H26N2O3. The predicted octanol–water partition coefficient (Wildman–Crippen LogP) is 1.87. The second-order valence-electron chi connectivity index (χ2n) is 6.97. The van der Waals surface area contributed by atoms with Gasteiger partial charge in [-0.1, -0.05) is 31.5 Å². The SMILES string of the molecule is Cc1ccc(N2CC(C(=O)NCC(C)(O)C(C)C)CC2=O)cc1. The van der Waals surface area contributed by atoms with Crippen molar-refractivity contribution in [3.05, 3.63) is 29.8 Å². The molecule has 1 aliphatic heterocycles. The number of rotatable bonds is 5. The molecule has 0 spiro atoms. The van der Waals surface area contributed by atoms with Crippen LogP contribution in [0.5, 0.6) is 0 Å². The highest BCUT2D eigenvalue weighted by molar-refractivity contribution is 6.00. The molecule has 1 fully saturated rings. The van der Waals surface area contributed by atoms with Crippen molar-refractivity contribution in [1.82, 2.24) is 5.32 Å². The molecule has 2 N–H and O–H groups in total. The normalized spacial score (nSPS) is 20.7. The molecule has 2 rings (SSSR count). The van der Waals surface area contributed by atoms with Crippen molar-refractivity contribution < 1.29 is 14.7 Å². The summed E-state index contributed by atoms with van der Waals surface area (Å²) in [5, 5.41) is 13.0. The quantitative estimate of drug-likeness (QED) is 0.871. The van der Waals surface area contributed by atoms with Crippen molar-refractivity contribution in [3.8, 4) is 0 Å². The Kier molecular flexibility index (Phi) is 5.09. The lowest BCUT2D eigenvalue weighted by molar-refractivity contribution is -0.127. The van der Waals surface area contributed by atoms with Crippen LogP contribution in [0.25, 0.3) is 0 Å². The summed E-state index contributed by atoms with van der Waals surface area (Å²) in [5.41, 5.74) is 1.00. The van der Waals surface area contributed by atoms with Crippen LogP contribution in [0, 0.1) is 18.8 Å². The summed E-state index contributed by atoms with van der Waals surface area (Å²) >= 11 is 0. The minimum absolute atomic E-state index is 0.0374. The second kappa shape index (κ2) is 6.71. The van der Waals surface area contributed by atoms with Crippen LogP contribution < -0.4 is 10.2 Å². The third-order valence-electron chi connectivity index (χ3n) is 4.71. The van der Waals surface area contributed by atoms with E-state index >= 15 is 0 Å². The zero-order chi connectivity index (χ0) is 17.2. The Morgan fingerprint density at radius 2 is 2.00 bits per heavy atom. The lowest BCUT2D eigenvalue weighted by Crippen LogP contribution is -2.46. The topological polar surface area (TPSA) is 69.6 Å². The molecule has 23 heavy (non-hydrogen) atoms. The fourth-order valence-corrected chi connectivity index (χ4v) is 2.47. The van der Waals surface area contributed by atoms with E-state index in [1.807, 2.05) is 45.0 Å². The maximum atomic E-state index is 12.3. The molecule has 2 amide bonds. The molecule has 2 atom stereocenters. The molecule has 5 nitrogen and oxygen atoms in total. The molecule has 0 radical (unpaired) electrons. The number of nitrogens with one attached hydrogen (secondary N) is 1. The second-order valence-corrected chi connectivity index (χ2v) is 6.97. The number of aliphatic hydroxyl groups is 1. The van der Waals surface area contributed by atoms with Crippen molar-refractivity contribution in [2.24, 2.45) is 11.8 Å². The van der Waals surface area contributed by atoms with Gasteiger partial charge in [-0.3, -0.25) is 9.59 Å². The zero-order valence-corrected chi connectivity index (χ0v) is 14.3. The van der Waals surface area contributed by atoms with Gasteiger partial charge in [-0.25, -0.2) is 0 Å². The molecule has 126 valence electrons. The van der Waals surface area contributed by atoms with Crippen molar-refractivity contribution >= 4 is 17.5 Å². The molecule has 1 aliphatic rings. The molecule has 1 aromatic carbocycles. The van der Waals surface area contributed by atoms with Crippen LogP contribution in [0.2, 0.25) is 0 Å². The van der Waals surface area contributed by atoms with Crippen molar-refractivity contribution in [1.29, 1.82) is 0 Å². The standard InChI is InChI=1S/C18H26N2O3/c1-12(2)18(4,23)11-19-17(22)14-9-16(21)20(10-14)15-7-5-13(3)6-8-15/h5-8,12,14,23H,9-11H2,1-4H3,(H,19,22). The minimum atomic E-state index is -0.949. The summed E-state index contributed by atoms with van der Waals surface area (Å²) in [6.45, 7) is 8.09. The zero-order valence-electron chi connectivity index (χ0n) is 14.3. The molecule has 1 aromatic rings. The van der Waals surface area contributed by atoms with E-state index in [-0.39, 0.29) is 36.6 Å². The predicted molar refractivity (Wildman–Crippen MR) is 90.1 cm³/mol. The van der Waals surface area contributed by atoms with Gasteiger partial charge in [0.25, 0.3) is 0 Å². The fourth-order valence-electron chi connectivity index (χ4n) is 2.47. The Hall–Kier alpha value is -1.88. The van der Waals surface area contributed by atoms with Crippen molar-refractivity contribution in [3.63, 3.8) is 0 Å². The first kappa shape index (κ1) is 17.5. The summed E-state index contributed by atoms with van der Waals surface area (Å²) < 4.78 is 0. The summed E-state index contributed by atoms with van der Waals surface area (Å²) in [7, 11) is 0. The van der Waals surface area contributed by atoms with E-state index in [0.717, 1.165) is 11.3 Å². The first-order valence-corrected chi connectivity index (χ1v) is 8.08. The minimum Gasteiger partial charge on any atom is -0.388 e. The van der Waals surface area contributed by atoms with Gasteiger partial charge >= 0.3 is 0 Å². The van der Waals surface area contributed by atoms with E-state index in [2.05, 4.69) is 5.32 Å². The monoisotopic (exact) mass is 318 g/mol. The van der Waals surface area contributed by atoms with Gasteiger partial charge in [-0.2, -0.15) is 0 Å². The number of nitrogens with zero attached hydrogens (tertiary/aromatic N) is 1. The smallest absolute Gasteiger partial charge is 0.227 e. The average molecular weight is 318 g/mol. The van der Waals surface area contributed by atoms with Crippen molar-refractivity contribution in [2.45, 2.75) is 39.7 Å². The molecule has 0 saturated carbocycles. The molecule has 1 saturated heterocycles. The number of carbonyl (C=O) groups excluding carboxylic acids is 2. The molecule has 1 heterocycles. The molecule has 0 aromatic heterocycles. The molecule has 5 heteroatoms. The van der Waals surface area contributed by atoms with Gasteiger partial charge in [-0.05, 0) is 31.9 Å².